The van der Waals surface area contributed by atoms with Crippen molar-refractivity contribution in [2.75, 3.05) is 6.54 Å². The van der Waals surface area contributed by atoms with Gasteiger partial charge >= 0.3 is 0 Å². The number of hydrogen-bond acceptors (Lipinski definition) is 5. The van der Waals surface area contributed by atoms with Gasteiger partial charge in [0.15, 0.2) is 0 Å². The van der Waals surface area contributed by atoms with E-state index in [0.29, 0.717) is 12.1 Å². The largest absolute Gasteiger partial charge is 0.391 e. The van der Waals surface area contributed by atoms with Crippen molar-refractivity contribution in [3.63, 3.8) is 0 Å². The summed E-state index contributed by atoms with van der Waals surface area (Å²) in [6.07, 6.45) is 0.830. The molecule has 0 aromatic carbocycles. The van der Waals surface area contributed by atoms with Gasteiger partial charge in [-0.3, -0.25) is 15.1 Å². The lowest BCUT2D eigenvalue weighted by Gasteiger charge is -2.05. The van der Waals surface area contributed by atoms with E-state index in [1.165, 1.54) is 18.3 Å². The van der Waals surface area contributed by atoms with Gasteiger partial charge in [-0.25, -0.2) is 0 Å². The molecule has 0 aliphatic heterocycles. The maximum atomic E-state index is 10.3. The quantitative estimate of drug-likeness (QED) is 0.516. The molecule has 0 aliphatic rings. The molecule has 1 heterocycles. The monoisotopic (exact) mass is 197 g/mol. The van der Waals surface area contributed by atoms with E-state index in [0.717, 1.165) is 0 Å². The third-order valence-corrected chi connectivity index (χ3v) is 1.74. The first-order valence-corrected chi connectivity index (χ1v) is 4.11. The molecular weight excluding hydrogens is 186 g/mol. The summed E-state index contributed by atoms with van der Waals surface area (Å²) in [7, 11) is 0. The molecule has 0 fully saturated rings. The molecule has 0 bridgehead atoms. The third-order valence-electron chi connectivity index (χ3n) is 1.74. The van der Waals surface area contributed by atoms with Crippen molar-refractivity contribution in [3.05, 3.63) is 34.1 Å². The zero-order chi connectivity index (χ0) is 10.6. The van der Waals surface area contributed by atoms with Gasteiger partial charge in [-0.1, -0.05) is 0 Å². The van der Waals surface area contributed by atoms with Gasteiger partial charge < -0.3 is 10.8 Å². The van der Waals surface area contributed by atoms with Crippen LogP contribution in [0.25, 0.3) is 0 Å². The number of pyridine rings is 1. The van der Waals surface area contributed by atoms with Crippen molar-refractivity contribution in [2.24, 2.45) is 5.73 Å². The standard InChI is InChI=1S/C8H11N3O3/c9-4-8(12)3-6-1-2-7(5-10-6)11(13)14/h1-2,5,8,12H,3-4,9H2. The van der Waals surface area contributed by atoms with E-state index in [1.807, 2.05) is 0 Å². The molecule has 1 unspecified atom stereocenters. The fourth-order valence-corrected chi connectivity index (χ4v) is 0.970. The highest BCUT2D eigenvalue weighted by Crippen LogP contribution is 2.09. The fourth-order valence-electron chi connectivity index (χ4n) is 0.970. The first kappa shape index (κ1) is 10.6. The lowest BCUT2D eigenvalue weighted by molar-refractivity contribution is -0.385. The van der Waals surface area contributed by atoms with Gasteiger partial charge in [-0.15, -0.1) is 0 Å². The second kappa shape index (κ2) is 4.64. The summed E-state index contributed by atoms with van der Waals surface area (Å²) in [4.78, 5) is 13.6. The van der Waals surface area contributed by atoms with Crippen LogP contribution in [0, 0.1) is 10.1 Å². The Balaban J connectivity index is 2.68. The van der Waals surface area contributed by atoms with Gasteiger partial charge in [0.25, 0.3) is 5.69 Å². The molecule has 6 nitrogen and oxygen atoms in total. The number of aliphatic hydroxyl groups excluding tert-OH is 1. The van der Waals surface area contributed by atoms with Crippen LogP contribution in [0.15, 0.2) is 18.3 Å². The van der Waals surface area contributed by atoms with E-state index in [2.05, 4.69) is 4.98 Å². The van der Waals surface area contributed by atoms with Crippen molar-refractivity contribution >= 4 is 5.69 Å². The molecule has 1 rings (SSSR count). The fraction of sp³-hybridized carbons (Fsp3) is 0.375. The normalized spacial score (nSPS) is 12.4. The van der Waals surface area contributed by atoms with Gasteiger partial charge in [0.05, 0.1) is 11.0 Å². The van der Waals surface area contributed by atoms with Gasteiger partial charge in [0.1, 0.15) is 6.20 Å². The van der Waals surface area contributed by atoms with Crippen molar-refractivity contribution in [1.82, 2.24) is 4.98 Å². The van der Waals surface area contributed by atoms with Crippen LogP contribution in [0.1, 0.15) is 5.69 Å². The summed E-state index contributed by atoms with van der Waals surface area (Å²) < 4.78 is 0. The SMILES string of the molecule is NCC(O)Cc1ccc([N+](=O)[O-])cn1. The van der Waals surface area contributed by atoms with Gasteiger partial charge in [0, 0.05) is 24.7 Å². The second-order valence-electron chi connectivity index (χ2n) is 2.86. The molecule has 0 radical (unpaired) electrons. The van der Waals surface area contributed by atoms with Crippen LogP contribution in [-0.4, -0.2) is 27.7 Å². The molecular formula is C8H11N3O3. The van der Waals surface area contributed by atoms with Crippen LogP contribution in [0.2, 0.25) is 0 Å². The molecule has 1 aromatic heterocycles. The number of nitrogens with zero attached hydrogens (tertiary/aromatic N) is 2. The smallest absolute Gasteiger partial charge is 0.287 e. The molecule has 6 heteroatoms. The molecule has 1 atom stereocenters. The molecule has 1 aromatic rings. The van der Waals surface area contributed by atoms with Crippen LogP contribution < -0.4 is 5.73 Å². The molecule has 0 aliphatic carbocycles. The van der Waals surface area contributed by atoms with Crippen molar-refractivity contribution in [3.8, 4) is 0 Å². The van der Waals surface area contributed by atoms with Crippen LogP contribution in [0.3, 0.4) is 0 Å². The summed E-state index contributed by atoms with van der Waals surface area (Å²) in [6.45, 7) is 0.151. The summed E-state index contributed by atoms with van der Waals surface area (Å²) in [5, 5.41) is 19.5. The average molecular weight is 197 g/mol. The van der Waals surface area contributed by atoms with Crippen LogP contribution in [-0.2, 0) is 6.42 Å². The minimum atomic E-state index is -0.649. The Morgan fingerprint density at radius 3 is 2.79 bits per heavy atom. The zero-order valence-electron chi connectivity index (χ0n) is 7.46. The number of hydrogen-bond donors (Lipinski definition) is 2. The number of nitrogens with two attached hydrogens (primary N) is 1. The number of nitro groups is 1. The highest BCUT2D eigenvalue weighted by molar-refractivity contribution is 5.26. The van der Waals surface area contributed by atoms with E-state index in [4.69, 9.17) is 5.73 Å². The molecule has 0 saturated carbocycles. The van der Waals surface area contributed by atoms with Gasteiger partial charge in [0.2, 0.25) is 0 Å². The average Bonchev–Trinajstić information content (AvgIpc) is 2.18. The number of aliphatic hydroxyl groups is 1. The van der Waals surface area contributed by atoms with Gasteiger partial charge in [-0.05, 0) is 6.07 Å². The Bertz CT molecular complexity index is 312. The molecule has 0 amide bonds. The Kier molecular flexibility index (Phi) is 3.49. The highest BCUT2D eigenvalue weighted by atomic mass is 16.6. The minimum Gasteiger partial charge on any atom is -0.391 e. The van der Waals surface area contributed by atoms with E-state index in [9.17, 15) is 15.2 Å². The lowest BCUT2D eigenvalue weighted by atomic mass is 10.2. The summed E-state index contributed by atoms with van der Waals surface area (Å²) >= 11 is 0. The second-order valence-corrected chi connectivity index (χ2v) is 2.86. The summed E-state index contributed by atoms with van der Waals surface area (Å²) in [5.74, 6) is 0. The first-order valence-electron chi connectivity index (χ1n) is 4.11. The molecule has 0 spiro atoms. The topological polar surface area (TPSA) is 102 Å². The van der Waals surface area contributed by atoms with Crippen molar-refractivity contribution in [1.29, 1.82) is 0 Å². The van der Waals surface area contributed by atoms with Crippen molar-refractivity contribution < 1.29 is 10.0 Å². The van der Waals surface area contributed by atoms with Crippen LogP contribution >= 0.6 is 0 Å². The van der Waals surface area contributed by atoms with Gasteiger partial charge in [-0.2, -0.15) is 0 Å². The van der Waals surface area contributed by atoms with E-state index in [1.54, 1.807) is 0 Å². The lowest BCUT2D eigenvalue weighted by Crippen LogP contribution is -2.22. The number of rotatable bonds is 4. The minimum absolute atomic E-state index is 0.0593. The number of aromatic nitrogens is 1. The Hall–Kier alpha value is -1.53. The molecule has 0 saturated heterocycles. The Morgan fingerprint density at radius 1 is 1.64 bits per heavy atom. The Labute approximate surface area is 80.5 Å². The van der Waals surface area contributed by atoms with Crippen LogP contribution in [0.5, 0.6) is 0 Å². The summed E-state index contributed by atoms with van der Waals surface area (Å²) in [5.41, 5.74) is 5.74. The molecule has 3 N–H and O–H groups in total. The van der Waals surface area contributed by atoms with E-state index in [-0.39, 0.29) is 12.2 Å². The first-order chi connectivity index (χ1) is 6.63. The van der Waals surface area contributed by atoms with Crippen LogP contribution in [0.4, 0.5) is 5.69 Å². The molecule has 14 heavy (non-hydrogen) atoms. The maximum Gasteiger partial charge on any atom is 0.287 e. The highest BCUT2D eigenvalue weighted by Gasteiger charge is 2.07. The predicted molar refractivity (Wildman–Crippen MR) is 49.7 cm³/mol. The molecule has 76 valence electrons. The maximum absolute atomic E-state index is 10.3. The Morgan fingerprint density at radius 2 is 2.36 bits per heavy atom. The summed E-state index contributed by atoms with van der Waals surface area (Å²) in [6, 6.07) is 2.86. The predicted octanol–water partition coefficient (Wildman–Crippen LogP) is -0.148. The zero-order valence-corrected chi connectivity index (χ0v) is 7.46. The van der Waals surface area contributed by atoms with E-state index >= 15 is 0 Å². The van der Waals surface area contributed by atoms with Crippen molar-refractivity contribution in [2.45, 2.75) is 12.5 Å². The van der Waals surface area contributed by atoms with E-state index < -0.39 is 11.0 Å². The third kappa shape index (κ3) is 2.75.